The molecule has 0 atom stereocenters. The summed E-state index contributed by atoms with van der Waals surface area (Å²) >= 11 is 0. The molecule has 1 aromatic rings. The Labute approximate surface area is 94.7 Å². The Bertz CT molecular complexity index is 393. The number of Topliss-reactive ketones (excluding diaryl/α,β-unsaturated/α-hetero) is 1. The van der Waals surface area contributed by atoms with E-state index >= 15 is 0 Å². The molecule has 0 radical (unpaired) electrons. The summed E-state index contributed by atoms with van der Waals surface area (Å²) in [5, 5.41) is 0. The average molecular weight is 218 g/mol. The number of rotatable bonds is 5. The molecule has 0 N–H and O–H groups in total. The van der Waals surface area contributed by atoms with Crippen LogP contribution in [0.15, 0.2) is 42.5 Å². The first-order chi connectivity index (χ1) is 7.63. The van der Waals surface area contributed by atoms with Gasteiger partial charge in [-0.25, -0.2) is 4.79 Å². The van der Waals surface area contributed by atoms with Crippen LogP contribution < -0.4 is 0 Å². The van der Waals surface area contributed by atoms with Gasteiger partial charge >= 0.3 is 5.97 Å². The number of hydrogen-bond donors (Lipinski definition) is 0. The number of hydrogen-bond acceptors (Lipinski definition) is 3. The monoisotopic (exact) mass is 218 g/mol. The highest BCUT2D eigenvalue weighted by atomic mass is 16.5. The zero-order valence-corrected chi connectivity index (χ0v) is 9.23. The van der Waals surface area contributed by atoms with Gasteiger partial charge in [0.05, 0.1) is 7.11 Å². The van der Waals surface area contributed by atoms with Crippen LogP contribution in [0.5, 0.6) is 0 Å². The van der Waals surface area contributed by atoms with Crippen LogP contribution in [0.2, 0.25) is 0 Å². The Kier molecular flexibility index (Phi) is 4.45. The maximum Gasteiger partial charge on any atom is 0.333 e. The fraction of sp³-hybridized carbons (Fsp3) is 0.231. The van der Waals surface area contributed by atoms with E-state index in [0.717, 1.165) is 5.56 Å². The SMILES string of the molecule is C=C(CC(=O)Cc1ccccc1)C(=O)OC. The third-order valence-corrected chi connectivity index (χ3v) is 2.13. The predicted molar refractivity (Wildman–Crippen MR) is 60.9 cm³/mol. The van der Waals surface area contributed by atoms with E-state index in [1.807, 2.05) is 30.3 Å². The molecule has 3 heteroatoms. The number of ether oxygens (including phenoxy) is 1. The summed E-state index contributed by atoms with van der Waals surface area (Å²) in [6, 6.07) is 9.38. The number of benzene rings is 1. The van der Waals surface area contributed by atoms with E-state index in [1.54, 1.807) is 0 Å². The number of methoxy groups -OCH3 is 1. The molecule has 0 aromatic heterocycles. The molecule has 0 fully saturated rings. The second-order valence-electron chi connectivity index (χ2n) is 3.47. The van der Waals surface area contributed by atoms with Gasteiger partial charge in [0.1, 0.15) is 5.78 Å². The van der Waals surface area contributed by atoms with Crippen molar-refractivity contribution in [3.63, 3.8) is 0 Å². The molecule has 0 unspecified atom stereocenters. The largest absolute Gasteiger partial charge is 0.466 e. The van der Waals surface area contributed by atoms with Gasteiger partial charge in [0, 0.05) is 18.4 Å². The van der Waals surface area contributed by atoms with Gasteiger partial charge in [-0.15, -0.1) is 0 Å². The van der Waals surface area contributed by atoms with E-state index in [9.17, 15) is 9.59 Å². The fourth-order valence-corrected chi connectivity index (χ4v) is 1.34. The molecule has 0 bridgehead atoms. The normalized spacial score (nSPS) is 9.56. The Morgan fingerprint density at radius 3 is 2.44 bits per heavy atom. The van der Waals surface area contributed by atoms with Gasteiger partial charge < -0.3 is 4.74 Å². The lowest BCUT2D eigenvalue weighted by atomic mass is 10.0. The summed E-state index contributed by atoms with van der Waals surface area (Å²) in [7, 11) is 1.27. The van der Waals surface area contributed by atoms with Crippen molar-refractivity contribution < 1.29 is 14.3 Å². The van der Waals surface area contributed by atoms with Gasteiger partial charge in [-0.05, 0) is 5.56 Å². The minimum atomic E-state index is -0.526. The molecule has 0 aliphatic carbocycles. The van der Waals surface area contributed by atoms with Crippen molar-refractivity contribution in [3.8, 4) is 0 Å². The average Bonchev–Trinajstić information content (AvgIpc) is 2.29. The quantitative estimate of drug-likeness (QED) is 0.560. The maximum absolute atomic E-state index is 11.6. The zero-order chi connectivity index (χ0) is 12.0. The van der Waals surface area contributed by atoms with Crippen molar-refractivity contribution in [2.75, 3.05) is 7.11 Å². The lowest BCUT2D eigenvalue weighted by Crippen LogP contribution is -2.10. The van der Waals surface area contributed by atoms with Crippen molar-refractivity contribution in [2.45, 2.75) is 12.8 Å². The van der Waals surface area contributed by atoms with Crippen molar-refractivity contribution in [2.24, 2.45) is 0 Å². The van der Waals surface area contributed by atoms with E-state index in [2.05, 4.69) is 11.3 Å². The van der Waals surface area contributed by atoms with Gasteiger partial charge in [-0.1, -0.05) is 36.9 Å². The minimum Gasteiger partial charge on any atom is -0.466 e. The van der Waals surface area contributed by atoms with Crippen LogP contribution in [0.25, 0.3) is 0 Å². The van der Waals surface area contributed by atoms with Crippen LogP contribution in [0, 0.1) is 0 Å². The van der Waals surface area contributed by atoms with Crippen molar-refractivity contribution >= 4 is 11.8 Å². The molecule has 0 heterocycles. The van der Waals surface area contributed by atoms with Crippen LogP contribution in [0.1, 0.15) is 12.0 Å². The molecule has 0 saturated carbocycles. The molecule has 84 valence electrons. The molecule has 16 heavy (non-hydrogen) atoms. The molecule has 1 aromatic carbocycles. The van der Waals surface area contributed by atoms with E-state index in [4.69, 9.17) is 0 Å². The van der Waals surface area contributed by atoms with E-state index < -0.39 is 5.97 Å². The zero-order valence-electron chi connectivity index (χ0n) is 9.23. The Morgan fingerprint density at radius 2 is 1.88 bits per heavy atom. The molecule has 0 amide bonds. The van der Waals surface area contributed by atoms with Crippen LogP contribution >= 0.6 is 0 Å². The Hall–Kier alpha value is -1.90. The highest BCUT2D eigenvalue weighted by Gasteiger charge is 2.12. The van der Waals surface area contributed by atoms with Gasteiger partial charge in [-0.2, -0.15) is 0 Å². The van der Waals surface area contributed by atoms with E-state index in [0.29, 0.717) is 6.42 Å². The molecule has 3 nitrogen and oxygen atoms in total. The van der Waals surface area contributed by atoms with E-state index in [1.165, 1.54) is 7.11 Å². The molecule has 0 saturated heterocycles. The molecular formula is C13H14O3. The molecular weight excluding hydrogens is 204 g/mol. The third kappa shape index (κ3) is 3.69. The van der Waals surface area contributed by atoms with Gasteiger partial charge in [0.25, 0.3) is 0 Å². The standard InChI is InChI=1S/C13H14O3/c1-10(13(15)16-2)8-12(14)9-11-6-4-3-5-7-11/h3-7H,1,8-9H2,2H3. The van der Waals surface area contributed by atoms with Crippen molar-refractivity contribution in [1.29, 1.82) is 0 Å². The molecule has 1 rings (SSSR count). The molecule has 0 aliphatic heterocycles. The van der Waals surface area contributed by atoms with Crippen molar-refractivity contribution in [1.82, 2.24) is 0 Å². The van der Waals surface area contributed by atoms with Gasteiger partial charge in [0.15, 0.2) is 0 Å². The topological polar surface area (TPSA) is 43.4 Å². The van der Waals surface area contributed by atoms with Crippen LogP contribution in [-0.4, -0.2) is 18.9 Å². The number of carbonyl (C=O) groups excluding carboxylic acids is 2. The summed E-state index contributed by atoms with van der Waals surface area (Å²) < 4.78 is 4.47. The van der Waals surface area contributed by atoms with E-state index in [-0.39, 0.29) is 17.8 Å². The molecule has 0 aliphatic rings. The summed E-state index contributed by atoms with van der Waals surface area (Å²) in [5.41, 5.74) is 1.13. The fourth-order valence-electron chi connectivity index (χ4n) is 1.34. The first-order valence-corrected chi connectivity index (χ1v) is 4.95. The summed E-state index contributed by atoms with van der Waals surface area (Å²) in [5.74, 6) is -0.567. The van der Waals surface area contributed by atoms with Gasteiger partial charge in [0.2, 0.25) is 0 Å². The second-order valence-corrected chi connectivity index (χ2v) is 3.47. The lowest BCUT2D eigenvalue weighted by Gasteiger charge is -2.03. The van der Waals surface area contributed by atoms with Crippen LogP contribution in [-0.2, 0) is 20.7 Å². The number of ketones is 1. The van der Waals surface area contributed by atoms with Crippen LogP contribution in [0.3, 0.4) is 0 Å². The minimum absolute atomic E-state index is 0.0402. The summed E-state index contributed by atoms with van der Waals surface area (Å²) in [6.07, 6.45) is 0.360. The maximum atomic E-state index is 11.6. The Balaban J connectivity index is 2.49. The van der Waals surface area contributed by atoms with Crippen LogP contribution in [0.4, 0.5) is 0 Å². The number of esters is 1. The third-order valence-electron chi connectivity index (χ3n) is 2.13. The first-order valence-electron chi connectivity index (χ1n) is 4.95. The smallest absolute Gasteiger partial charge is 0.333 e. The highest BCUT2D eigenvalue weighted by Crippen LogP contribution is 2.06. The summed E-state index contributed by atoms with van der Waals surface area (Å²) in [6.45, 7) is 3.51. The second kappa shape index (κ2) is 5.85. The first kappa shape index (κ1) is 12.2. The highest BCUT2D eigenvalue weighted by molar-refractivity contribution is 5.95. The number of carbonyl (C=O) groups is 2. The van der Waals surface area contributed by atoms with Gasteiger partial charge in [-0.3, -0.25) is 4.79 Å². The van der Waals surface area contributed by atoms with Crippen molar-refractivity contribution in [3.05, 3.63) is 48.0 Å². The molecule has 0 spiro atoms. The predicted octanol–water partition coefficient (Wildman–Crippen LogP) is 1.92. The Morgan fingerprint density at radius 1 is 1.25 bits per heavy atom. The lowest BCUT2D eigenvalue weighted by molar-refractivity contribution is -0.137. The summed E-state index contributed by atoms with van der Waals surface area (Å²) in [4.78, 5) is 22.6.